The Labute approximate surface area is 109 Å². The van der Waals surface area contributed by atoms with E-state index in [-0.39, 0.29) is 11.5 Å². The zero-order chi connectivity index (χ0) is 13.7. The van der Waals surface area contributed by atoms with Crippen LogP contribution >= 0.6 is 7.60 Å². The average molecular weight is 277 g/mol. The first kappa shape index (κ1) is 13.3. The molecule has 1 atom stereocenters. The maximum atomic E-state index is 11.6. The van der Waals surface area contributed by atoms with Crippen LogP contribution in [0.2, 0.25) is 0 Å². The zero-order valence-corrected chi connectivity index (χ0v) is 10.7. The summed E-state index contributed by atoms with van der Waals surface area (Å²) in [5.41, 5.74) is -1.43. The Morgan fingerprint density at radius 2 is 1.37 bits per heavy atom. The highest BCUT2D eigenvalue weighted by Crippen LogP contribution is 2.40. The third kappa shape index (κ3) is 3.68. The van der Waals surface area contributed by atoms with Crippen LogP contribution in [0.4, 0.5) is 4.79 Å². The number of rotatable bonds is 4. The van der Waals surface area contributed by atoms with Gasteiger partial charge in [-0.1, -0.05) is 36.4 Å². The summed E-state index contributed by atoms with van der Waals surface area (Å²) in [6, 6.07) is 15.7. The minimum atomic E-state index is -4.78. The molecule has 0 spiro atoms. The quantitative estimate of drug-likeness (QED) is 0.803. The minimum absolute atomic E-state index is 0.0610. The smallest absolute Gasteiger partial charge is 0.394 e. The summed E-state index contributed by atoms with van der Waals surface area (Å²) < 4.78 is 21.0. The van der Waals surface area contributed by atoms with Gasteiger partial charge in [0, 0.05) is 0 Å². The van der Waals surface area contributed by atoms with Crippen molar-refractivity contribution in [3.8, 4) is 11.5 Å². The summed E-state index contributed by atoms with van der Waals surface area (Å²) in [5, 5.41) is 0. The number of carbonyl (C=O) groups is 1. The van der Waals surface area contributed by atoms with Crippen molar-refractivity contribution < 1.29 is 23.5 Å². The number of hydrogen-bond donors (Lipinski definition) is 0. The summed E-state index contributed by atoms with van der Waals surface area (Å²) in [6.45, 7) is 0. The van der Waals surface area contributed by atoms with Crippen LogP contribution in [-0.2, 0) is 4.57 Å². The lowest BCUT2D eigenvalue weighted by atomic mass is 10.3. The van der Waals surface area contributed by atoms with Gasteiger partial charge in [0.15, 0.2) is 0 Å². The first-order chi connectivity index (χ1) is 9.08. The van der Waals surface area contributed by atoms with E-state index in [4.69, 9.17) is 4.74 Å². The molecule has 2 aromatic rings. The molecule has 0 amide bonds. The molecule has 19 heavy (non-hydrogen) atoms. The second kappa shape index (κ2) is 5.69. The molecule has 0 aliphatic carbocycles. The van der Waals surface area contributed by atoms with Crippen LogP contribution < -0.4 is 14.2 Å². The van der Waals surface area contributed by atoms with E-state index < -0.39 is 13.3 Å². The van der Waals surface area contributed by atoms with Crippen LogP contribution in [0.3, 0.4) is 0 Å². The molecule has 0 bridgehead atoms. The largest absolute Gasteiger partial charge is 0.761 e. The molecule has 2 rings (SSSR count). The van der Waals surface area contributed by atoms with Gasteiger partial charge in [-0.2, -0.15) is 0 Å². The van der Waals surface area contributed by atoms with Gasteiger partial charge in [-0.25, -0.2) is 4.79 Å². The normalized spacial score (nSPS) is 13.3. The molecule has 0 N–H and O–H groups in total. The van der Waals surface area contributed by atoms with Crippen molar-refractivity contribution in [2.24, 2.45) is 0 Å². The molecule has 0 heterocycles. The topological polar surface area (TPSA) is 75.7 Å². The first-order valence-electron chi connectivity index (χ1n) is 5.41. The van der Waals surface area contributed by atoms with Crippen LogP contribution in [-0.4, -0.2) is 5.71 Å². The second-order valence-electron chi connectivity index (χ2n) is 3.58. The Hall–Kier alpha value is -2.10. The van der Waals surface area contributed by atoms with Crippen molar-refractivity contribution in [1.29, 1.82) is 0 Å². The van der Waals surface area contributed by atoms with Crippen molar-refractivity contribution in [1.82, 2.24) is 0 Å². The van der Waals surface area contributed by atoms with E-state index in [2.05, 4.69) is 4.52 Å². The molecule has 1 unspecified atom stereocenters. The standard InChI is InChI=1S/C13H11O5P/c14-13(17-11-7-3-1-4-8-11)19(15,16)18-12-9-5-2-6-10-12/h1-10H,(H,15,16)/p-1. The summed E-state index contributed by atoms with van der Waals surface area (Å²) in [4.78, 5) is 23.2. The number of benzene rings is 2. The van der Waals surface area contributed by atoms with E-state index in [1.165, 1.54) is 24.3 Å². The fourth-order valence-corrected chi connectivity index (χ4v) is 1.99. The van der Waals surface area contributed by atoms with Gasteiger partial charge in [0.05, 0.1) is 0 Å². The highest BCUT2D eigenvalue weighted by Gasteiger charge is 2.24. The molecule has 98 valence electrons. The van der Waals surface area contributed by atoms with Crippen molar-refractivity contribution in [3.05, 3.63) is 60.7 Å². The Kier molecular flexibility index (Phi) is 4.00. The highest BCUT2D eigenvalue weighted by molar-refractivity contribution is 7.69. The predicted octanol–water partition coefficient (Wildman–Crippen LogP) is 2.82. The molecular weight excluding hydrogens is 267 g/mol. The molecule has 0 saturated carbocycles. The predicted molar refractivity (Wildman–Crippen MR) is 67.1 cm³/mol. The van der Waals surface area contributed by atoms with Gasteiger partial charge in [0.1, 0.15) is 11.5 Å². The first-order valence-corrected chi connectivity index (χ1v) is 6.95. The van der Waals surface area contributed by atoms with Crippen LogP contribution in [0.1, 0.15) is 0 Å². The summed E-state index contributed by atoms with van der Waals surface area (Å²) in [5.74, 6) is 0.200. The summed E-state index contributed by atoms with van der Waals surface area (Å²) in [6.07, 6.45) is 0. The summed E-state index contributed by atoms with van der Waals surface area (Å²) >= 11 is 0. The SMILES string of the molecule is O=C(Oc1ccccc1)P(=O)([O-])Oc1ccccc1. The van der Waals surface area contributed by atoms with Gasteiger partial charge in [0.25, 0.3) is 7.60 Å². The maximum Gasteiger partial charge on any atom is 0.394 e. The number of ether oxygens (including phenoxy) is 1. The monoisotopic (exact) mass is 277 g/mol. The fraction of sp³-hybridized carbons (Fsp3) is 0. The molecule has 5 nitrogen and oxygen atoms in total. The van der Waals surface area contributed by atoms with Gasteiger partial charge < -0.3 is 14.2 Å². The number of carbonyl (C=O) groups excluding carboxylic acids is 1. The van der Waals surface area contributed by atoms with Gasteiger partial charge in [-0.15, -0.1) is 0 Å². The Morgan fingerprint density at radius 3 is 1.89 bits per heavy atom. The van der Waals surface area contributed by atoms with Crippen molar-refractivity contribution in [2.75, 3.05) is 0 Å². The van der Waals surface area contributed by atoms with Crippen LogP contribution in [0.5, 0.6) is 11.5 Å². The molecule has 0 aromatic heterocycles. The van der Waals surface area contributed by atoms with E-state index in [0.29, 0.717) is 0 Å². The van der Waals surface area contributed by atoms with E-state index in [1.54, 1.807) is 36.4 Å². The molecule has 0 radical (unpaired) electrons. The lowest BCUT2D eigenvalue weighted by Crippen LogP contribution is -2.19. The van der Waals surface area contributed by atoms with E-state index in [0.717, 1.165) is 0 Å². The zero-order valence-electron chi connectivity index (χ0n) is 9.76. The third-order valence-electron chi connectivity index (χ3n) is 2.14. The Morgan fingerprint density at radius 1 is 0.895 bits per heavy atom. The number of para-hydroxylation sites is 2. The molecular formula is C13H10O5P-. The van der Waals surface area contributed by atoms with Gasteiger partial charge >= 0.3 is 5.71 Å². The molecule has 0 saturated heterocycles. The van der Waals surface area contributed by atoms with Gasteiger partial charge in [-0.05, 0) is 24.3 Å². The van der Waals surface area contributed by atoms with Crippen LogP contribution in [0, 0.1) is 0 Å². The fourth-order valence-electron chi connectivity index (χ4n) is 1.30. The lowest BCUT2D eigenvalue weighted by Gasteiger charge is -2.21. The molecule has 6 heteroatoms. The maximum absolute atomic E-state index is 11.6. The highest BCUT2D eigenvalue weighted by atomic mass is 31.2. The van der Waals surface area contributed by atoms with E-state index >= 15 is 0 Å². The molecule has 0 aliphatic rings. The minimum Gasteiger partial charge on any atom is -0.761 e. The molecule has 0 fully saturated rings. The lowest BCUT2D eigenvalue weighted by molar-refractivity contribution is -0.187. The molecule has 2 aromatic carbocycles. The Balaban J connectivity index is 2.07. The van der Waals surface area contributed by atoms with Gasteiger partial charge in [0.2, 0.25) is 0 Å². The molecule has 0 aliphatic heterocycles. The van der Waals surface area contributed by atoms with Crippen LogP contribution in [0.15, 0.2) is 60.7 Å². The van der Waals surface area contributed by atoms with E-state index in [9.17, 15) is 14.3 Å². The average Bonchev–Trinajstić information content (AvgIpc) is 2.40. The van der Waals surface area contributed by atoms with Crippen LogP contribution in [0.25, 0.3) is 0 Å². The second-order valence-corrected chi connectivity index (χ2v) is 5.13. The van der Waals surface area contributed by atoms with E-state index in [1.807, 2.05) is 0 Å². The Bertz CT molecular complexity index is 597. The summed E-state index contributed by atoms with van der Waals surface area (Å²) in [7, 11) is -4.78. The van der Waals surface area contributed by atoms with Crippen molar-refractivity contribution in [2.45, 2.75) is 0 Å². The van der Waals surface area contributed by atoms with Crippen molar-refractivity contribution in [3.63, 3.8) is 0 Å². The van der Waals surface area contributed by atoms with Gasteiger partial charge in [-0.3, -0.25) is 4.57 Å². The number of hydrogen-bond acceptors (Lipinski definition) is 5. The van der Waals surface area contributed by atoms with Crippen molar-refractivity contribution >= 4 is 13.3 Å². The third-order valence-corrected chi connectivity index (χ3v) is 3.13.